The SMILES string of the molecule is O=C1C[C@@]2(CCN(Cc3cccnc3)C2)CN1c1ccccn1. The van der Waals surface area contributed by atoms with Crippen LogP contribution >= 0.6 is 0 Å². The molecule has 0 unspecified atom stereocenters. The minimum atomic E-state index is 0.0802. The third-order valence-electron chi connectivity index (χ3n) is 4.89. The van der Waals surface area contributed by atoms with Gasteiger partial charge in [0.15, 0.2) is 0 Å². The van der Waals surface area contributed by atoms with Gasteiger partial charge in [-0.3, -0.25) is 19.6 Å². The molecule has 2 aliphatic heterocycles. The molecule has 118 valence electrons. The summed E-state index contributed by atoms with van der Waals surface area (Å²) in [5.41, 5.74) is 1.31. The maximum Gasteiger partial charge on any atom is 0.228 e. The number of likely N-dealkylation sites (tertiary alicyclic amines) is 1. The molecular formula is C18H20N4O. The molecule has 0 aliphatic carbocycles. The van der Waals surface area contributed by atoms with Gasteiger partial charge in [0.05, 0.1) is 0 Å². The van der Waals surface area contributed by atoms with Crippen molar-refractivity contribution in [2.75, 3.05) is 24.5 Å². The molecule has 5 nitrogen and oxygen atoms in total. The second-order valence-electron chi connectivity index (χ2n) is 6.67. The molecule has 1 amide bonds. The lowest BCUT2D eigenvalue weighted by atomic mass is 9.86. The number of hydrogen-bond donors (Lipinski definition) is 0. The van der Waals surface area contributed by atoms with Gasteiger partial charge in [-0.2, -0.15) is 0 Å². The number of carbonyl (C=O) groups is 1. The number of nitrogens with zero attached hydrogens (tertiary/aromatic N) is 4. The Morgan fingerprint density at radius 3 is 2.87 bits per heavy atom. The Balaban J connectivity index is 1.45. The number of hydrogen-bond acceptors (Lipinski definition) is 4. The molecule has 5 heteroatoms. The minimum Gasteiger partial charge on any atom is -0.298 e. The van der Waals surface area contributed by atoms with Crippen molar-refractivity contribution in [2.45, 2.75) is 19.4 Å². The first-order valence-electron chi connectivity index (χ1n) is 8.07. The highest BCUT2D eigenvalue weighted by Gasteiger charge is 2.47. The molecular weight excluding hydrogens is 288 g/mol. The third-order valence-corrected chi connectivity index (χ3v) is 4.89. The predicted octanol–water partition coefficient (Wildman–Crippen LogP) is 2.11. The van der Waals surface area contributed by atoms with Gasteiger partial charge >= 0.3 is 0 Å². The second kappa shape index (κ2) is 5.74. The fourth-order valence-electron chi connectivity index (χ4n) is 3.80. The van der Waals surface area contributed by atoms with Crippen LogP contribution in [0.15, 0.2) is 48.9 Å². The molecule has 0 radical (unpaired) electrons. The van der Waals surface area contributed by atoms with Gasteiger partial charge in [0.25, 0.3) is 0 Å². The van der Waals surface area contributed by atoms with Crippen LogP contribution < -0.4 is 4.90 Å². The molecule has 0 bridgehead atoms. The maximum atomic E-state index is 12.5. The van der Waals surface area contributed by atoms with E-state index in [-0.39, 0.29) is 11.3 Å². The van der Waals surface area contributed by atoms with Crippen LogP contribution in [-0.2, 0) is 11.3 Å². The summed E-state index contributed by atoms with van der Waals surface area (Å²) in [4.78, 5) is 25.3. The van der Waals surface area contributed by atoms with E-state index in [1.165, 1.54) is 5.56 Å². The molecule has 0 saturated carbocycles. The van der Waals surface area contributed by atoms with E-state index in [1.807, 2.05) is 35.4 Å². The van der Waals surface area contributed by atoms with Crippen molar-refractivity contribution in [2.24, 2.45) is 5.41 Å². The van der Waals surface area contributed by atoms with Crippen molar-refractivity contribution in [1.82, 2.24) is 14.9 Å². The summed E-state index contributed by atoms with van der Waals surface area (Å²) in [5.74, 6) is 0.979. The van der Waals surface area contributed by atoms with E-state index < -0.39 is 0 Å². The lowest BCUT2D eigenvalue weighted by Crippen LogP contribution is -2.31. The summed E-state index contributed by atoms with van der Waals surface area (Å²) in [6.07, 6.45) is 7.17. The standard InChI is InChI=1S/C18H20N4O/c23-17-10-18(14-22(17)16-5-1-2-8-20-16)6-9-21(13-18)12-15-4-3-7-19-11-15/h1-5,7-8,11H,6,9-10,12-14H2/t18-/m1/s1. The van der Waals surface area contributed by atoms with Crippen LogP contribution in [0.5, 0.6) is 0 Å². The minimum absolute atomic E-state index is 0.0802. The Labute approximate surface area is 136 Å². The van der Waals surface area contributed by atoms with Gasteiger partial charge in [0.1, 0.15) is 5.82 Å². The molecule has 2 aliphatic rings. The van der Waals surface area contributed by atoms with Crippen LogP contribution in [0.4, 0.5) is 5.82 Å². The molecule has 2 aromatic rings. The van der Waals surface area contributed by atoms with Crippen LogP contribution in [0.25, 0.3) is 0 Å². The van der Waals surface area contributed by atoms with Gasteiger partial charge in [-0.25, -0.2) is 4.98 Å². The maximum absolute atomic E-state index is 12.5. The average molecular weight is 308 g/mol. The van der Waals surface area contributed by atoms with E-state index in [9.17, 15) is 4.79 Å². The molecule has 0 N–H and O–H groups in total. The number of aromatic nitrogens is 2. The van der Waals surface area contributed by atoms with Gasteiger partial charge in [0, 0.05) is 50.1 Å². The molecule has 4 rings (SSSR count). The fourth-order valence-corrected chi connectivity index (χ4v) is 3.80. The first-order valence-corrected chi connectivity index (χ1v) is 8.07. The highest BCUT2D eigenvalue weighted by atomic mass is 16.2. The second-order valence-corrected chi connectivity index (χ2v) is 6.67. The molecule has 23 heavy (non-hydrogen) atoms. The monoisotopic (exact) mass is 308 g/mol. The van der Waals surface area contributed by atoms with E-state index in [2.05, 4.69) is 20.9 Å². The molecule has 1 spiro atoms. The third kappa shape index (κ3) is 2.84. The largest absolute Gasteiger partial charge is 0.298 e. The Kier molecular flexibility index (Phi) is 3.58. The van der Waals surface area contributed by atoms with Crippen molar-refractivity contribution in [3.05, 3.63) is 54.5 Å². The molecule has 0 aromatic carbocycles. The zero-order valence-electron chi connectivity index (χ0n) is 13.1. The van der Waals surface area contributed by atoms with E-state index in [4.69, 9.17) is 0 Å². The van der Waals surface area contributed by atoms with E-state index in [1.54, 1.807) is 12.4 Å². The summed E-state index contributed by atoms with van der Waals surface area (Å²) >= 11 is 0. The fraction of sp³-hybridized carbons (Fsp3) is 0.389. The Morgan fingerprint density at radius 2 is 2.09 bits per heavy atom. The number of pyridine rings is 2. The average Bonchev–Trinajstić information content (AvgIpc) is 3.12. The molecule has 4 heterocycles. The number of carbonyl (C=O) groups excluding carboxylic acids is 1. The lowest BCUT2D eigenvalue weighted by Gasteiger charge is -2.24. The van der Waals surface area contributed by atoms with Gasteiger partial charge in [0.2, 0.25) is 5.91 Å². The van der Waals surface area contributed by atoms with Crippen molar-refractivity contribution in [1.29, 1.82) is 0 Å². The summed E-state index contributed by atoms with van der Waals surface area (Å²) in [6, 6.07) is 9.81. The number of rotatable bonds is 3. The highest BCUT2D eigenvalue weighted by molar-refractivity contribution is 5.95. The summed E-state index contributed by atoms with van der Waals surface area (Å²) in [7, 11) is 0. The molecule has 2 saturated heterocycles. The summed E-state index contributed by atoms with van der Waals surface area (Å²) in [5, 5.41) is 0. The van der Waals surface area contributed by atoms with E-state index in [0.29, 0.717) is 6.42 Å². The van der Waals surface area contributed by atoms with Gasteiger partial charge in [-0.1, -0.05) is 12.1 Å². The van der Waals surface area contributed by atoms with Crippen LogP contribution in [-0.4, -0.2) is 40.4 Å². The zero-order valence-corrected chi connectivity index (χ0v) is 13.1. The first-order chi connectivity index (χ1) is 11.2. The molecule has 2 fully saturated rings. The van der Waals surface area contributed by atoms with Crippen molar-refractivity contribution in [3.63, 3.8) is 0 Å². The number of anilines is 1. The van der Waals surface area contributed by atoms with E-state index in [0.717, 1.165) is 38.4 Å². The predicted molar refractivity (Wildman–Crippen MR) is 87.8 cm³/mol. The van der Waals surface area contributed by atoms with Gasteiger partial charge in [-0.15, -0.1) is 0 Å². The number of amides is 1. The van der Waals surface area contributed by atoms with Gasteiger partial charge in [-0.05, 0) is 36.7 Å². The van der Waals surface area contributed by atoms with Crippen LogP contribution in [0, 0.1) is 5.41 Å². The Bertz CT molecular complexity index is 691. The quantitative estimate of drug-likeness (QED) is 0.871. The van der Waals surface area contributed by atoms with E-state index >= 15 is 0 Å². The summed E-state index contributed by atoms with van der Waals surface area (Å²) in [6.45, 7) is 3.70. The smallest absolute Gasteiger partial charge is 0.228 e. The molecule has 1 atom stereocenters. The summed E-state index contributed by atoms with van der Waals surface area (Å²) < 4.78 is 0. The van der Waals surface area contributed by atoms with Crippen LogP contribution in [0.3, 0.4) is 0 Å². The highest BCUT2D eigenvalue weighted by Crippen LogP contribution is 2.41. The van der Waals surface area contributed by atoms with Gasteiger partial charge < -0.3 is 0 Å². The molecule has 2 aromatic heterocycles. The van der Waals surface area contributed by atoms with Crippen molar-refractivity contribution in [3.8, 4) is 0 Å². The Morgan fingerprint density at radius 1 is 1.13 bits per heavy atom. The van der Waals surface area contributed by atoms with Crippen LogP contribution in [0.1, 0.15) is 18.4 Å². The van der Waals surface area contributed by atoms with Crippen molar-refractivity contribution >= 4 is 11.7 Å². The van der Waals surface area contributed by atoms with Crippen molar-refractivity contribution < 1.29 is 4.79 Å². The first kappa shape index (κ1) is 14.3. The Hall–Kier alpha value is -2.27. The lowest BCUT2D eigenvalue weighted by molar-refractivity contribution is -0.117. The topological polar surface area (TPSA) is 49.3 Å². The zero-order chi connectivity index (χ0) is 15.7. The van der Waals surface area contributed by atoms with Crippen LogP contribution in [0.2, 0.25) is 0 Å². The normalized spacial score (nSPS) is 24.7.